The van der Waals surface area contributed by atoms with Crippen LogP contribution in [0.25, 0.3) is 0 Å². The maximum Gasteiger partial charge on any atom is 3.00 e. The molecule has 0 unspecified atom stereocenters. The third kappa shape index (κ3) is 668. The predicted molar refractivity (Wildman–Crippen MR) is 27.1 cm³/mol. The summed E-state index contributed by atoms with van der Waals surface area (Å²) < 4.78 is 0. The van der Waals surface area contributed by atoms with E-state index >= 15 is 0 Å². The van der Waals surface area contributed by atoms with Crippen LogP contribution in [-0.2, 0) is 0 Å². The summed E-state index contributed by atoms with van der Waals surface area (Å²) in [5.74, 6) is 0. The predicted octanol–water partition coefficient (Wildman–Crippen LogP) is -16.2. The Hall–Kier alpha value is 1.19. The fraction of sp³-hybridized carbons (Fsp3) is 0. The van der Waals surface area contributed by atoms with Gasteiger partial charge in [0.2, 0.25) is 0 Å². The zero-order valence-corrected chi connectivity index (χ0v) is 7.88. The van der Waals surface area contributed by atoms with Crippen LogP contribution in [0.15, 0.2) is 0 Å². The average molecular weight is 238 g/mol. The molecule has 0 rings (SSSR count). The fourth-order valence-electron chi connectivity index (χ4n) is 0. The summed E-state index contributed by atoms with van der Waals surface area (Å²) in [6, 6.07) is 0. The molecule has 0 aromatic rings. The van der Waals surface area contributed by atoms with Crippen molar-refractivity contribution in [3.63, 3.8) is 0 Å². The van der Waals surface area contributed by atoms with Crippen molar-refractivity contribution in [2.45, 2.75) is 0 Å². The molecular formula is H8AlF8NaSi. The third-order valence-electron chi connectivity index (χ3n) is 0. The minimum Gasteiger partial charge on any atom is -1.00 e. The molecule has 0 aliphatic rings. The standard InChI is InChI=1S/Al.8FH.Na.H4Si/h;8*1H;;1H4/q+3;;;;;;;;;+1;/p-4. The van der Waals surface area contributed by atoms with Gasteiger partial charge in [0.15, 0.2) is 0 Å². The molecule has 72 valence electrons. The van der Waals surface area contributed by atoms with Crippen LogP contribution in [0.5, 0.6) is 0 Å². The number of hydrogen-bond donors (Lipinski definition) is 0. The molecule has 0 spiro atoms. The van der Waals surface area contributed by atoms with Gasteiger partial charge >= 0.3 is 46.9 Å². The summed E-state index contributed by atoms with van der Waals surface area (Å²) in [4.78, 5) is 0. The van der Waals surface area contributed by atoms with Crippen LogP contribution in [0.3, 0.4) is 0 Å². The summed E-state index contributed by atoms with van der Waals surface area (Å²) in [5, 5.41) is 0. The second-order valence-corrected chi connectivity index (χ2v) is 0. The largest absolute Gasteiger partial charge is 3.00 e. The normalized spacial score (nSPS) is 0. The van der Waals surface area contributed by atoms with Crippen molar-refractivity contribution in [1.29, 1.82) is 0 Å². The van der Waals surface area contributed by atoms with Crippen molar-refractivity contribution < 1.29 is 67.2 Å². The van der Waals surface area contributed by atoms with Gasteiger partial charge in [-0.15, -0.1) is 0 Å². The summed E-state index contributed by atoms with van der Waals surface area (Å²) >= 11 is 0. The Morgan fingerprint density at radius 3 is 0.455 bits per heavy atom. The monoisotopic (exact) mass is 238 g/mol. The van der Waals surface area contributed by atoms with Crippen molar-refractivity contribution >= 4 is 28.3 Å². The first-order chi connectivity index (χ1) is 0. The Morgan fingerprint density at radius 1 is 0.455 bits per heavy atom. The average Bonchev–Trinajstić information content (AvgIpc) is 0. The Morgan fingerprint density at radius 2 is 0.455 bits per heavy atom. The van der Waals surface area contributed by atoms with E-state index in [1.54, 1.807) is 0 Å². The molecule has 0 N–H and O–H groups in total. The van der Waals surface area contributed by atoms with Gasteiger partial charge in [-0.2, -0.15) is 0 Å². The Balaban J connectivity index is 0. The molecule has 0 saturated heterocycles. The Bertz CT molecular complexity index is 14.1. The molecule has 0 atom stereocenters. The third-order valence-corrected chi connectivity index (χ3v) is 0. The van der Waals surface area contributed by atoms with Crippen LogP contribution in [0.2, 0.25) is 0 Å². The van der Waals surface area contributed by atoms with Gasteiger partial charge in [-0.3, -0.25) is 18.8 Å². The van der Waals surface area contributed by atoms with Gasteiger partial charge in [-0.1, -0.05) is 0 Å². The number of rotatable bonds is 0. The molecule has 0 radical (unpaired) electrons. The fourth-order valence-corrected chi connectivity index (χ4v) is 0. The molecule has 11 heteroatoms. The molecule has 0 amide bonds. The van der Waals surface area contributed by atoms with Crippen molar-refractivity contribution in [1.82, 2.24) is 0 Å². The van der Waals surface area contributed by atoms with Gasteiger partial charge < -0.3 is 18.8 Å². The number of hydrogen-bond acceptors (Lipinski definition) is 0. The second kappa shape index (κ2) is 821. The van der Waals surface area contributed by atoms with E-state index in [1.165, 1.54) is 0 Å². The van der Waals surface area contributed by atoms with Crippen molar-refractivity contribution in [2.75, 3.05) is 0 Å². The summed E-state index contributed by atoms with van der Waals surface area (Å²) in [5.41, 5.74) is 0. The molecule has 0 heterocycles. The first-order valence-corrected chi connectivity index (χ1v) is 0. The van der Waals surface area contributed by atoms with E-state index in [4.69, 9.17) is 0 Å². The van der Waals surface area contributed by atoms with Crippen LogP contribution in [0, 0.1) is 0 Å². The van der Waals surface area contributed by atoms with E-state index in [-0.39, 0.29) is 95.5 Å². The van der Waals surface area contributed by atoms with Gasteiger partial charge in [0.1, 0.15) is 0 Å². The summed E-state index contributed by atoms with van der Waals surface area (Å²) in [6.07, 6.45) is 0. The van der Waals surface area contributed by atoms with Crippen LogP contribution in [-0.4, -0.2) is 28.3 Å². The van der Waals surface area contributed by atoms with Crippen molar-refractivity contribution in [3.8, 4) is 0 Å². The minimum atomic E-state index is 0. The van der Waals surface area contributed by atoms with Crippen molar-refractivity contribution in [3.05, 3.63) is 0 Å². The molecule has 0 aromatic heterocycles. The minimum absolute atomic E-state index is 0. The molecule has 0 aliphatic heterocycles. The van der Waals surface area contributed by atoms with Gasteiger partial charge in [-0.05, 0) is 11.0 Å². The van der Waals surface area contributed by atoms with Crippen LogP contribution >= 0.6 is 0 Å². The zero-order chi connectivity index (χ0) is 0. The molecule has 11 heavy (non-hydrogen) atoms. The van der Waals surface area contributed by atoms with E-state index in [1.807, 2.05) is 0 Å². The van der Waals surface area contributed by atoms with E-state index in [0.717, 1.165) is 0 Å². The molecular weight excluding hydrogens is 230 g/mol. The van der Waals surface area contributed by atoms with Crippen LogP contribution in [0.4, 0.5) is 18.8 Å². The first-order valence-electron chi connectivity index (χ1n) is 0. The summed E-state index contributed by atoms with van der Waals surface area (Å²) in [7, 11) is 0. The van der Waals surface area contributed by atoms with Crippen LogP contribution < -0.4 is 48.4 Å². The maximum atomic E-state index is 0. The molecule has 0 nitrogen and oxygen atoms in total. The Labute approximate surface area is 95.3 Å². The smallest absolute Gasteiger partial charge is 1.00 e. The topological polar surface area (TPSA) is 0 Å². The number of halogens is 8. The summed E-state index contributed by atoms with van der Waals surface area (Å²) in [6.45, 7) is 0. The molecule has 0 aromatic carbocycles. The van der Waals surface area contributed by atoms with Gasteiger partial charge in [0.25, 0.3) is 0 Å². The quantitative estimate of drug-likeness (QED) is 0.290. The van der Waals surface area contributed by atoms with E-state index in [2.05, 4.69) is 0 Å². The molecule has 0 aliphatic carbocycles. The van der Waals surface area contributed by atoms with E-state index < -0.39 is 0 Å². The molecule has 0 fully saturated rings. The SMILES string of the molecule is F.F.F.F.[Al+3].[F-].[F-].[F-].[F-].[Na+].[SiH4]. The van der Waals surface area contributed by atoms with Gasteiger partial charge in [0.05, 0.1) is 0 Å². The maximum absolute atomic E-state index is 0. The first kappa shape index (κ1) is 1080. The molecule has 0 saturated carbocycles. The second-order valence-electron chi connectivity index (χ2n) is 0. The van der Waals surface area contributed by atoms with Gasteiger partial charge in [0, 0.05) is 0 Å². The van der Waals surface area contributed by atoms with Crippen molar-refractivity contribution in [2.24, 2.45) is 0 Å². The molecule has 0 bridgehead atoms. The van der Waals surface area contributed by atoms with Crippen LogP contribution in [0.1, 0.15) is 0 Å². The van der Waals surface area contributed by atoms with E-state index in [0.29, 0.717) is 0 Å². The van der Waals surface area contributed by atoms with E-state index in [9.17, 15) is 0 Å². The van der Waals surface area contributed by atoms with Gasteiger partial charge in [-0.25, -0.2) is 0 Å². The Kier molecular flexibility index (Phi) is 80500. The zero-order valence-electron chi connectivity index (χ0n) is 4.72.